The van der Waals surface area contributed by atoms with E-state index in [2.05, 4.69) is 5.10 Å². The quantitative estimate of drug-likeness (QED) is 0.759. The van der Waals surface area contributed by atoms with Gasteiger partial charge >= 0.3 is 0 Å². The number of carboxylic acid groups (broad SMARTS) is 1. The molecule has 0 N–H and O–H groups in total. The minimum atomic E-state index is -1.16. The highest BCUT2D eigenvalue weighted by Gasteiger charge is 2.03. The molecule has 0 radical (unpaired) electrons. The number of carbonyl (C=O) groups is 1. The summed E-state index contributed by atoms with van der Waals surface area (Å²) in [5.41, 5.74) is 1.58. The third-order valence-electron chi connectivity index (χ3n) is 2.30. The van der Waals surface area contributed by atoms with E-state index in [0.29, 0.717) is 5.69 Å². The van der Waals surface area contributed by atoms with Gasteiger partial charge in [-0.05, 0) is 18.2 Å². The summed E-state index contributed by atoms with van der Waals surface area (Å²) in [5.74, 6) is -0.428. The van der Waals surface area contributed by atoms with Gasteiger partial charge in [-0.15, -0.1) is 0 Å². The van der Waals surface area contributed by atoms with Gasteiger partial charge in [-0.2, -0.15) is 5.10 Å². The Balaban J connectivity index is 2.26. The average molecular weight is 231 g/mol. The first-order chi connectivity index (χ1) is 8.19. The van der Waals surface area contributed by atoms with Crippen LogP contribution in [-0.4, -0.2) is 22.9 Å². The molecule has 0 atom stereocenters. The Kier molecular flexibility index (Phi) is 3.09. The first-order valence-corrected chi connectivity index (χ1v) is 5.07. The van der Waals surface area contributed by atoms with Gasteiger partial charge in [0.25, 0.3) is 0 Å². The number of methoxy groups -OCH3 is 1. The Hall–Kier alpha value is -2.30. The smallest absolute Gasteiger partial charge is 0.119 e. The first kappa shape index (κ1) is 11.2. The number of benzene rings is 1. The van der Waals surface area contributed by atoms with Gasteiger partial charge in [0.1, 0.15) is 5.75 Å². The molecule has 0 aliphatic carbocycles. The molecule has 2 rings (SSSR count). The molecule has 1 heterocycles. The number of ether oxygens (including phenoxy) is 1. The van der Waals surface area contributed by atoms with Gasteiger partial charge in [0.2, 0.25) is 0 Å². The van der Waals surface area contributed by atoms with E-state index >= 15 is 0 Å². The summed E-state index contributed by atoms with van der Waals surface area (Å²) in [6.45, 7) is -0.246. The molecule has 0 fully saturated rings. The van der Waals surface area contributed by atoms with Gasteiger partial charge in [-0.3, -0.25) is 4.68 Å². The normalized spacial score (nSPS) is 10.2. The number of carboxylic acids is 1. The average Bonchev–Trinajstić information content (AvgIpc) is 2.77. The summed E-state index contributed by atoms with van der Waals surface area (Å²) >= 11 is 0. The number of carbonyl (C=O) groups excluding carboxylic acids is 1. The van der Waals surface area contributed by atoms with Crippen LogP contribution in [-0.2, 0) is 11.3 Å². The van der Waals surface area contributed by atoms with Crippen LogP contribution >= 0.6 is 0 Å². The fraction of sp³-hybridized carbons (Fsp3) is 0.167. The van der Waals surface area contributed by atoms with E-state index < -0.39 is 5.97 Å². The van der Waals surface area contributed by atoms with Crippen LogP contribution in [0.3, 0.4) is 0 Å². The fourth-order valence-corrected chi connectivity index (χ4v) is 1.52. The van der Waals surface area contributed by atoms with Gasteiger partial charge in [-0.25, -0.2) is 0 Å². The van der Waals surface area contributed by atoms with Gasteiger partial charge in [-0.1, -0.05) is 12.1 Å². The maximum absolute atomic E-state index is 10.4. The van der Waals surface area contributed by atoms with E-state index in [0.717, 1.165) is 11.3 Å². The standard InChI is InChI=1S/C12H12N2O3/c1-17-10-4-2-3-9(7-10)11-5-6-14(13-11)8-12(15)16/h2-7H,8H2,1H3,(H,15,16)/p-1. The molecule has 2 aromatic rings. The Morgan fingerprint density at radius 3 is 3.00 bits per heavy atom. The van der Waals surface area contributed by atoms with Crippen molar-refractivity contribution in [2.45, 2.75) is 6.54 Å². The lowest BCUT2D eigenvalue weighted by Crippen LogP contribution is -2.27. The van der Waals surface area contributed by atoms with Crippen molar-refractivity contribution in [2.24, 2.45) is 0 Å². The highest BCUT2D eigenvalue weighted by atomic mass is 16.5. The summed E-state index contributed by atoms with van der Waals surface area (Å²) in [6.07, 6.45) is 1.60. The molecule has 0 aliphatic rings. The van der Waals surface area contributed by atoms with Crippen molar-refractivity contribution in [1.29, 1.82) is 0 Å². The van der Waals surface area contributed by atoms with Crippen LogP contribution in [0.1, 0.15) is 0 Å². The molecule has 1 aromatic heterocycles. The zero-order valence-corrected chi connectivity index (χ0v) is 9.29. The third-order valence-corrected chi connectivity index (χ3v) is 2.30. The van der Waals surface area contributed by atoms with Crippen molar-refractivity contribution in [3.05, 3.63) is 36.5 Å². The molecule has 0 amide bonds. The molecule has 88 valence electrons. The molecular formula is C12H11N2O3-. The van der Waals surface area contributed by atoms with Crippen LogP contribution in [0.25, 0.3) is 11.3 Å². The maximum atomic E-state index is 10.4. The maximum Gasteiger partial charge on any atom is 0.119 e. The lowest BCUT2D eigenvalue weighted by molar-refractivity contribution is -0.306. The molecule has 0 saturated heterocycles. The fourth-order valence-electron chi connectivity index (χ4n) is 1.52. The number of hydrogen-bond donors (Lipinski definition) is 0. The molecule has 5 heteroatoms. The highest BCUT2D eigenvalue weighted by Crippen LogP contribution is 2.21. The van der Waals surface area contributed by atoms with Crippen LogP contribution in [0.2, 0.25) is 0 Å². The summed E-state index contributed by atoms with van der Waals surface area (Å²) in [6, 6.07) is 9.16. The Bertz CT molecular complexity index is 534. The van der Waals surface area contributed by atoms with E-state index in [1.807, 2.05) is 24.3 Å². The van der Waals surface area contributed by atoms with Crippen molar-refractivity contribution in [3.63, 3.8) is 0 Å². The molecule has 0 unspecified atom stereocenters. The van der Waals surface area contributed by atoms with Crippen molar-refractivity contribution in [3.8, 4) is 17.0 Å². The summed E-state index contributed by atoms with van der Waals surface area (Å²) in [7, 11) is 1.59. The largest absolute Gasteiger partial charge is 0.548 e. The number of hydrogen-bond acceptors (Lipinski definition) is 4. The molecule has 0 bridgehead atoms. The van der Waals surface area contributed by atoms with Crippen molar-refractivity contribution in [1.82, 2.24) is 9.78 Å². The zero-order valence-electron chi connectivity index (χ0n) is 9.29. The molecule has 17 heavy (non-hydrogen) atoms. The Morgan fingerprint density at radius 2 is 2.29 bits per heavy atom. The predicted molar refractivity (Wildman–Crippen MR) is 59.2 cm³/mol. The van der Waals surface area contributed by atoms with Crippen LogP contribution in [0, 0.1) is 0 Å². The van der Waals surface area contributed by atoms with E-state index in [1.165, 1.54) is 4.68 Å². The molecular weight excluding hydrogens is 220 g/mol. The van der Waals surface area contributed by atoms with Crippen molar-refractivity contribution < 1.29 is 14.6 Å². The molecule has 5 nitrogen and oxygen atoms in total. The summed E-state index contributed by atoms with van der Waals surface area (Å²) < 4.78 is 6.43. The molecule has 1 aromatic carbocycles. The molecule has 0 spiro atoms. The second-order valence-electron chi connectivity index (χ2n) is 3.50. The van der Waals surface area contributed by atoms with E-state index in [1.54, 1.807) is 19.4 Å². The number of aliphatic carboxylic acids is 1. The van der Waals surface area contributed by atoms with Crippen molar-refractivity contribution >= 4 is 5.97 Å². The number of aromatic nitrogens is 2. The van der Waals surface area contributed by atoms with Gasteiger partial charge in [0, 0.05) is 11.8 Å². The summed E-state index contributed by atoms with van der Waals surface area (Å²) in [4.78, 5) is 10.4. The Morgan fingerprint density at radius 1 is 1.47 bits per heavy atom. The second-order valence-corrected chi connectivity index (χ2v) is 3.50. The van der Waals surface area contributed by atoms with Crippen molar-refractivity contribution in [2.75, 3.05) is 7.11 Å². The highest BCUT2D eigenvalue weighted by molar-refractivity contribution is 5.64. The van der Waals surface area contributed by atoms with Crippen LogP contribution in [0.5, 0.6) is 5.75 Å². The van der Waals surface area contributed by atoms with Gasteiger partial charge in [0.05, 0.1) is 25.3 Å². The predicted octanol–water partition coefficient (Wildman–Crippen LogP) is 0.309. The third kappa shape index (κ3) is 2.63. The molecule has 0 saturated carbocycles. The SMILES string of the molecule is COc1cccc(-c2ccn(CC(=O)[O-])n2)c1. The van der Waals surface area contributed by atoms with E-state index in [4.69, 9.17) is 4.74 Å². The van der Waals surface area contributed by atoms with Crippen LogP contribution in [0.4, 0.5) is 0 Å². The summed E-state index contributed by atoms with van der Waals surface area (Å²) in [5, 5.41) is 14.6. The minimum Gasteiger partial charge on any atom is -0.548 e. The monoisotopic (exact) mass is 231 g/mol. The number of rotatable bonds is 4. The molecule has 0 aliphatic heterocycles. The van der Waals surface area contributed by atoms with Gasteiger partial charge in [0.15, 0.2) is 0 Å². The Labute approximate surface area is 98.3 Å². The van der Waals surface area contributed by atoms with Crippen LogP contribution in [0.15, 0.2) is 36.5 Å². The zero-order chi connectivity index (χ0) is 12.3. The van der Waals surface area contributed by atoms with E-state index in [-0.39, 0.29) is 6.54 Å². The lowest BCUT2D eigenvalue weighted by atomic mass is 10.1. The number of nitrogens with zero attached hydrogens (tertiary/aromatic N) is 2. The topological polar surface area (TPSA) is 67.2 Å². The second kappa shape index (κ2) is 4.69. The van der Waals surface area contributed by atoms with Crippen LogP contribution < -0.4 is 9.84 Å². The minimum absolute atomic E-state index is 0.246. The van der Waals surface area contributed by atoms with Gasteiger partial charge < -0.3 is 14.6 Å². The van der Waals surface area contributed by atoms with E-state index in [9.17, 15) is 9.90 Å². The first-order valence-electron chi connectivity index (χ1n) is 5.07. The lowest BCUT2D eigenvalue weighted by Gasteiger charge is -2.03.